The van der Waals surface area contributed by atoms with E-state index < -0.39 is 0 Å². The van der Waals surface area contributed by atoms with Gasteiger partial charge in [-0.1, -0.05) is 13.8 Å². The first-order valence-electron chi connectivity index (χ1n) is 7.12. The highest BCUT2D eigenvalue weighted by Crippen LogP contribution is 2.34. The normalized spacial score (nSPS) is 24.7. The van der Waals surface area contributed by atoms with E-state index in [1.807, 2.05) is 0 Å². The molecule has 0 aromatic carbocycles. The van der Waals surface area contributed by atoms with E-state index in [4.69, 9.17) is 15.5 Å². The summed E-state index contributed by atoms with van der Waals surface area (Å²) in [6.45, 7) is 7.99. The molecule has 2 rings (SSSR count). The predicted molar refractivity (Wildman–Crippen MR) is 80.9 cm³/mol. The molecular weight excluding hydrogens is 258 g/mol. The molecule has 0 bridgehead atoms. The summed E-state index contributed by atoms with van der Waals surface area (Å²) >= 11 is 1.73. The summed E-state index contributed by atoms with van der Waals surface area (Å²) in [6, 6.07) is 0.432. The zero-order valence-electron chi connectivity index (χ0n) is 12.3. The molecule has 108 valence electrons. The fourth-order valence-corrected chi connectivity index (χ4v) is 3.68. The molecular formula is C14H25N3OS. The summed E-state index contributed by atoms with van der Waals surface area (Å²) in [7, 11) is 2.12. The topological polar surface area (TPSA) is 51.4 Å². The van der Waals surface area contributed by atoms with Crippen molar-refractivity contribution in [2.45, 2.75) is 58.2 Å². The van der Waals surface area contributed by atoms with Crippen LogP contribution in [-0.2, 0) is 11.3 Å². The maximum Gasteiger partial charge on any atom is 0.185 e. The van der Waals surface area contributed by atoms with Crippen molar-refractivity contribution in [3.05, 3.63) is 10.6 Å². The van der Waals surface area contributed by atoms with Crippen LogP contribution in [0, 0.1) is 0 Å². The Bertz CT molecular complexity index is 421. The van der Waals surface area contributed by atoms with Gasteiger partial charge in [-0.15, -0.1) is 11.3 Å². The number of rotatable bonds is 5. The lowest BCUT2D eigenvalue weighted by molar-refractivity contribution is 0.118. The van der Waals surface area contributed by atoms with E-state index in [-0.39, 0.29) is 6.10 Å². The molecule has 1 fully saturated rings. The molecule has 3 atom stereocenters. The molecule has 1 aliphatic heterocycles. The fourth-order valence-electron chi connectivity index (χ4n) is 2.60. The van der Waals surface area contributed by atoms with Crippen LogP contribution in [0.3, 0.4) is 0 Å². The van der Waals surface area contributed by atoms with E-state index in [0.717, 1.165) is 24.6 Å². The Morgan fingerprint density at radius 1 is 1.58 bits per heavy atom. The second-order valence-corrected chi connectivity index (χ2v) is 6.42. The summed E-state index contributed by atoms with van der Waals surface area (Å²) in [5.74, 6) is 0.481. The van der Waals surface area contributed by atoms with Crippen LogP contribution < -0.4 is 10.6 Å². The van der Waals surface area contributed by atoms with E-state index in [9.17, 15) is 0 Å². The average Bonchev–Trinajstić information content (AvgIpc) is 3.02. The Balaban J connectivity index is 2.22. The number of nitrogens with zero attached hydrogens (tertiary/aromatic N) is 2. The number of nitrogens with two attached hydrogens (primary N) is 1. The molecule has 0 radical (unpaired) electrons. The average molecular weight is 283 g/mol. The van der Waals surface area contributed by atoms with Gasteiger partial charge in [-0.2, -0.15) is 0 Å². The lowest BCUT2D eigenvalue weighted by atomic mass is 10.0. The summed E-state index contributed by atoms with van der Waals surface area (Å²) in [4.78, 5) is 8.34. The Kier molecular flexibility index (Phi) is 4.81. The van der Waals surface area contributed by atoms with Crippen molar-refractivity contribution in [2.75, 3.05) is 18.6 Å². The summed E-state index contributed by atoms with van der Waals surface area (Å²) in [5, 5.41) is 1.08. The zero-order chi connectivity index (χ0) is 14.0. The zero-order valence-corrected chi connectivity index (χ0v) is 13.2. The van der Waals surface area contributed by atoms with Crippen LogP contribution in [0.5, 0.6) is 0 Å². The van der Waals surface area contributed by atoms with Crippen LogP contribution in [0.1, 0.15) is 50.1 Å². The lowest BCUT2D eigenvalue weighted by Crippen LogP contribution is -2.36. The third-order valence-corrected chi connectivity index (χ3v) is 5.30. The third-order valence-electron chi connectivity index (χ3n) is 4.12. The van der Waals surface area contributed by atoms with Crippen LogP contribution in [0.15, 0.2) is 0 Å². The number of ether oxygens (including phenoxy) is 1. The van der Waals surface area contributed by atoms with Gasteiger partial charge in [-0.05, 0) is 25.7 Å². The van der Waals surface area contributed by atoms with Gasteiger partial charge in [0.2, 0.25) is 0 Å². The molecule has 1 aromatic rings. The smallest absolute Gasteiger partial charge is 0.185 e. The van der Waals surface area contributed by atoms with E-state index in [0.29, 0.717) is 18.5 Å². The molecule has 5 heteroatoms. The largest absolute Gasteiger partial charge is 0.376 e. The molecule has 2 N–H and O–H groups in total. The van der Waals surface area contributed by atoms with Crippen molar-refractivity contribution in [1.29, 1.82) is 0 Å². The van der Waals surface area contributed by atoms with E-state index in [1.165, 1.54) is 10.6 Å². The Hall–Kier alpha value is -0.650. The van der Waals surface area contributed by atoms with Gasteiger partial charge in [-0.3, -0.25) is 0 Å². The van der Waals surface area contributed by atoms with Crippen LogP contribution in [0.2, 0.25) is 0 Å². The van der Waals surface area contributed by atoms with Crippen LogP contribution in [0.4, 0.5) is 5.13 Å². The lowest BCUT2D eigenvalue weighted by Gasteiger charge is -2.26. The molecule has 0 spiro atoms. The molecule has 19 heavy (non-hydrogen) atoms. The standard InChI is InChI=1S/C14H25N3OS/c1-5-9(2)13-12(8-15)19-14(16-13)17(4)11-6-7-18-10(11)3/h9-11H,5-8,15H2,1-4H3. The van der Waals surface area contributed by atoms with Crippen molar-refractivity contribution < 1.29 is 4.74 Å². The molecule has 1 aliphatic rings. The third kappa shape index (κ3) is 2.93. The minimum absolute atomic E-state index is 0.280. The van der Waals surface area contributed by atoms with Gasteiger partial charge in [0.05, 0.1) is 17.8 Å². The highest BCUT2D eigenvalue weighted by molar-refractivity contribution is 7.15. The number of aromatic nitrogens is 1. The molecule has 3 unspecified atom stereocenters. The summed E-state index contributed by atoms with van der Waals surface area (Å²) < 4.78 is 5.65. The quantitative estimate of drug-likeness (QED) is 0.902. The summed E-state index contributed by atoms with van der Waals surface area (Å²) in [5.41, 5.74) is 7.05. The minimum Gasteiger partial charge on any atom is -0.376 e. The highest BCUT2D eigenvalue weighted by Gasteiger charge is 2.30. The van der Waals surface area contributed by atoms with Crippen molar-refractivity contribution in [2.24, 2.45) is 5.73 Å². The van der Waals surface area contributed by atoms with Crippen LogP contribution in [-0.4, -0.2) is 30.8 Å². The Morgan fingerprint density at radius 3 is 2.84 bits per heavy atom. The summed E-state index contributed by atoms with van der Waals surface area (Å²) in [6.07, 6.45) is 2.46. The van der Waals surface area contributed by atoms with Crippen LogP contribution in [0.25, 0.3) is 0 Å². The Labute approximate surface area is 120 Å². The van der Waals surface area contributed by atoms with Crippen molar-refractivity contribution in [1.82, 2.24) is 4.98 Å². The van der Waals surface area contributed by atoms with Gasteiger partial charge in [0.1, 0.15) is 0 Å². The first-order chi connectivity index (χ1) is 9.08. The number of likely N-dealkylation sites (N-methyl/N-ethyl adjacent to an activating group) is 1. The second kappa shape index (κ2) is 6.20. The van der Waals surface area contributed by atoms with E-state index in [2.05, 4.69) is 32.7 Å². The number of hydrogen-bond acceptors (Lipinski definition) is 5. The van der Waals surface area contributed by atoms with E-state index >= 15 is 0 Å². The Morgan fingerprint density at radius 2 is 2.32 bits per heavy atom. The number of hydrogen-bond donors (Lipinski definition) is 1. The van der Waals surface area contributed by atoms with Gasteiger partial charge in [0.25, 0.3) is 0 Å². The molecule has 0 amide bonds. The van der Waals surface area contributed by atoms with Gasteiger partial charge in [0, 0.05) is 25.1 Å². The molecule has 1 aromatic heterocycles. The fraction of sp³-hybridized carbons (Fsp3) is 0.786. The first kappa shape index (κ1) is 14.8. The van der Waals surface area contributed by atoms with Crippen molar-refractivity contribution in [3.63, 3.8) is 0 Å². The second-order valence-electron chi connectivity index (χ2n) is 5.36. The van der Waals surface area contributed by atoms with Crippen molar-refractivity contribution >= 4 is 16.5 Å². The predicted octanol–water partition coefficient (Wildman–Crippen LogP) is 2.73. The van der Waals surface area contributed by atoms with Crippen molar-refractivity contribution in [3.8, 4) is 0 Å². The molecule has 1 saturated heterocycles. The molecule has 4 nitrogen and oxygen atoms in total. The van der Waals surface area contributed by atoms with Crippen LogP contribution >= 0.6 is 11.3 Å². The SMILES string of the molecule is CCC(C)c1nc(N(C)C2CCOC2C)sc1CN. The molecule has 0 saturated carbocycles. The maximum absolute atomic E-state index is 5.86. The first-order valence-corrected chi connectivity index (χ1v) is 7.94. The molecule has 0 aliphatic carbocycles. The molecule has 2 heterocycles. The van der Waals surface area contributed by atoms with Gasteiger partial charge < -0.3 is 15.4 Å². The van der Waals surface area contributed by atoms with Gasteiger partial charge in [0.15, 0.2) is 5.13 Å². The monoisotopic (exact) mass is 283 g/mol. The number of thiazole rings is 1. The van der Waals surface area contributed by atoms with Gasteiger partial charge >= 0.3 is 0 Å². The van der Waals surface area contributed by atoms with E-state index in [1.54, 1.807) is 11.3 Å². The highest BCUT2D eigenvalue weighted by atomic mass is 32.1. The minimum atomic E-state index is 0.280. The number of anilines is 1. The maximum atomic E-state index is 5.86. The van der Waals surface area contributed by atoms with Gasteiger partial charge in [-0.25, -0.2) is 4.98 Å².